The Kier molecular flexibility index (Phi) is 5.65. The molecule has 0 aromatic heterocycles. The van der Waals surface area contributed by atoms with Crippen LogP contribution in [0.2, 0.25) is 0 Å². The number of rotatable bonds is 3. The van der Waals surface area contributed by atoms with Crippen molar-refractivity contribution in [1.29, 1.82) is 0 Å². The summed E-state index contributed by atoms with van der Waals surface area (Å²) in [6.45, 7) is 8.69. The average molecular weight is 411 g/mol. The quantitative estimate of drug-likeness (QED) is 0.724. The molecule has 2 amide bonds. The SMILES string of the molecule is CC(C)(C)OC(=O)N1CC[C@@H](CN2CC(c3ccccc3)=CC2=O)C2(CCCC2)C1. The second-order valence-corrected chi connectivity index (χ2v) is 10.2. The number of hydrogen-bond acceptors (Lipinski definition) is 3. The Morgan fingerprint density at radius 3 is 2.53 bits per heavy atom. The first-order chi connectivity index (χ1) is 14.3. The van der Waals surface area contributed by atoms with Gasteiger partial charge in [0.15, 0.2) is 0 Å². The number of hydrogen-bond donors (Lipinski definition) is 0. The van der Waals surface area contributed by atoms with Gasteiger partial charge in [-0.3, -0.25) is 4.79 Å². The van der Waals surface area contributed by atoms with Gasteiger partial charge in [-0.25, -0.2) is 4.79 Å². The van der Waals surface area contributed by atoms with Gasteiger partial charge in [0, 0.05) is 32.3 Å². The maximum atomic E-state index is 12.7. The van der Waals surface area contributed by atoms with Crippen molar-refractivity contribution in [1.82, 2.24) is 9.80 Å². The zero-order chi connectivity index (χ0) is 21.4. The molecule has 2 heterocycles. The highest BCUT2D eigenvalue weighted by Gasteiger charge is 2.47. The number of benzene rings is 1. The van der Waals surface area contributed by atoms with E-state index in [9.17, 15) is 9.59 Å². The van der Waals surface area contributed by atoms with Gasteiger partial charge in [0.2, 0.25) is 5.91 Å². The molecule has 2 aliphatic heterocycles. The van der Waals surface area contributed by atoms with Gasteiger partial charge in [-0.1, -0.05) is 43.2 Å². The molecule has 5 heteroatoms. The predicted octanol–water partition coefficient (Wildman–Crippen LogP) is 4.73. The topological polar surface area (TPSA) is 49.9 Å². The fourth-order valence-corrected chi connectivity index (χ4v) is 5.44. The van der Waals surface area contributed by atoms with E-state index in [4.69, 9.17) is 4.74 Å². The Labute approximate surface area is 180 Å². The minimum atomic E-state index is -0.474. The molecule has 0 N–H and O–H groups in total. The van der Waals surface area contributed by atoms with Crippen LogP contribution in [-0.2, 0) is 9.53 Å². The van der Waals surface area contributed by atoms with E-state index in [0.717, 1.165) is 43.5 Å². The maximum absolute atomic E-state index is 12.7. The standard InChI is InChI=1S/C25H34N2O3/c1-24(2,3)30-23(29)26-14-11-21(25(18-26)12-7-8-13-25)17-27-16-20(15-22(27)28)19-9-5-4-6-10-19/h4-6,9-10,15,21H,7-8,11-14,16-18H2,1-3H3/t21-/m0/s1. The Bertz CT molecular complexity index is 819. The highest BCUT2D eigenvalue weighted by atomic mass is 16.6. The second-order valence-electron chi connectivity index (χ2n) is 10.2. The van der Waals surface area contributed by atoms with Gasteiger partial charge >= 0.3 is 6.09 Å². The van der Waals surface area contributed by atoms with E-state index >= 15 is 0 Å². The normalized spacial score (nSPS) is 23.8. The molecular weight excluding hydrogens is 376 g/mol. The largest absolute Gasteiger partial charge is 0.444 e. The zero-order valence-corrected chi connectivity index (χ0v) is 18.5. The molecule has 2 fully saturated rings. The third-order valence-electron chi connectivity index (χ3n) is 6.93. The summed E-state index contributed by atoms with van der Waals surface area (Å²) >= 11 is 0. The molecule has 0 bridgehead atoms. The Hall–Kier alpha value is -2.30. The summed E-state index contributed by atoms with van der Waals surface area (Å²) in [7, 11) is 0. The predicted molar refractivity (Wildman–Crippen MR) is 118 cm³/mol. The summed E-state index contributed by atoms with van der Waals surface area (Å²) in [6, 6.07) is 10.2. The summed E-state index contributed by atoms with van der Waals surface area (Å²) in [5.41, 5.74) is 1.87. The van der Waals surface area contributed by atoms with Crippen LogP contribution < -0.4 is 0 Å². The van der Waals surface area contributed by atoms with Gasteiger partial charge in [-0.2, -0.15) is 0 Å². The molecule has 1 saturated heterocycles. The van der Waals surface area contributed by atoms with Gasteiger partial charge in [-0.05, 0) is 62.5 Å². The zero-order valence-electron chi connectivity index (χ0n) is 18.5. The molecule has 3 aliphatic rings. The lowest BCUT2D eigenvalue weighted by Gasteiger charge is -2.47. The number of amides is 2. The first-order valence-electron chi connectivity index (χ1n) is 11.3. The van der Waals surface area contributed by atoms with Crippen molar-refractivity contribution >= 4 is 17.6 Å². The summed E-state index contributed by atoms with van der Waals surface area (Å²) in [4.78, 5) is 29.3. The molecule has 4 rings (SSSR count). The van der Waals surface area contributed by atoms with Gasteiger partial charge in [0.05, 0.1) is 0 Å². The number of nitrogens with zero attached hydrogens (tertiary/aromatic N) is 2. The molecule has 1 spiro atoms. The molecule has 0 radical (unpaired) electrons. The van der Waals surface area contributed by atoms with Crippen LogP contribution in [0.5, 0.6) is 0 Å². The van der Waals surface area contributed by atoms with Gasteiger partial charge in [0.25, 0.3) is 0 Å². The fraction of sp³-hybridized carbons (Fsp3) is 0.600. The first-order valence-corrected chi connectivity index (χ1v) is 11.3. The van der Waals surface area contributed by atoms with Gasteiger partial charge in [-0.15, -0.1) is 0 Å². The number of ether oxygens (including phenoxy) is 1. The molecule has 1 aromatic rings. The van der Waals surface area contributed by atoms with E-state index in [1.165, 1.54) is 12.8 Å². The van der Waals surface area contributed by atoms with Crippen LogP contribution in [-0.4, -0.2) is 53.6 Å². The lowest BCUT2D eigenvalue weighted by Crippen LogP contribution is -2.53. The highest BCUT2D eigenvalue weighted by Crippen LogP contribution is 2.49. The van der Waals surface area contributed by atoms with Crippen LogP contribution in [0.15, 0.2) is 36.4 Å². The van der Waals surface area contributed by atoms with E-state index in [1.54, 1.807) is 6.08 Å². The molecule has 5 nitrogen and oxygen atoms in total. The van der Waals surface area contributed by atoms with Crippen LogP contribution >= 0.6 is 0 Å². The molecule has 1 saturated carbocycles. The molecule has 1 aliphatic carbocycles. The third kappa shape index (κ3) is 4.40. The Balaban J connectivity index is 1.43. The van der Waals surface area contributed by atoms with Crippen molar-refractivity contribution in [2.45, 2.75) is 58.5 Å². The highest BCUT2D eigenvalue weighted by molar-refractivity contribution is 6.00. The summed E-state index contributed by atoms with van der Waals surface area (Å²) < 4.78 is 5.64. The van der Waals surface area contributed by atoms with Crippen molar-refractivity contribution in [3.63, 3.8) is 0 Å². The van der Waals surface area contributed by atoms with Crippen molar-refractivity contribution in [2.24, 2.45) is 11.3 Å². The van der Waals surface area contributed by atoms with E-state index in [1.807, 2.05) is 48.8 Å². The van der Waals surface area contributed by atoms with E-state index < -0.39 is 5.60 Å². The number of carbonyl (C=O) groups is 2. The van der Waals surface area contributed by atoms with Gasteiger partial charge < -0.3 is 14.5 Å². The Morgan fingerprint density at radius 1 is 1.17 bits per heavy atom. The maximum Gasteiger partial charge on any atom is 0.410 e. The molecular formula is C25H34N2O3. The molecule has 0 unspecified atom stereocenters. The van der Waals surface area contributed by atoms with Crippen LogP contribution in [0.3, 0.4) is 0 Å². The summed E-state index contributed by atoms with van der Waals surface area (Å²) in [5.74, 6) is 0.558. The van der Waals surface area contributed by atoms with Gasteiger partial charge in [0.1, 0.15) is 5.60 Å². The molecule has 30 heavy (non-hydrogen) atoms. The van der Waals surface area contributed by atoms with Crippen molar-refractivity contribution in [2.75, 3.05) is 26.2 Å². The van der Waals surface area contributed by atoms with Crippen LogP contribution in [0.1, 0.15) is 58.4 Å². The average Bonchev–Trinajstić information content (AvgIpc) is 3.30. The third-order valence-corrected chi connectivity index (χ3v) is 6.93. The molecule has 1 atom stereocenters. The molecule has 162 valence electrons. The van der Waals surface area contributed by atoms with Crippen molar-refractivity contribution in [3.8, 4) is 0 Å². The summed E-state index contributed by atoms with van der Waals surface area (Å²) in [5, 5.41) is 0. The first kappa shape index (κ1) is 21.0. The fourth-order valence-electron chi connectivity index (χ4n) is 5.44. The monoisotopic (exact) mass is 410 g/mol. The van der Waals surface area contributed by atoms with E-state index in [-0.39, 0.29) is 17.4 Å². The summed E-state index contributed by atoms with van der Waals surface area (Å²) in [6.07, 6.45) is 7.23. The minimum Gasteiger partial charge on any atom is -0.444 e. The lowest BCUT2D eigenvalue weighted by atomic mass is 9.69. The smallest absolute Gasteiger partial charge is 0.410 e. The van der Waals surface area contributed by atoms with Crippen LogP contribution in [0, 0.1) is 11.3 Å². The number of carbonyl (C=O) groups excluding carboxylic acids is 2. The van der Waals surface area contributed by atoms with Crippen LogP contribution in [0.4, 0.5) is 4.79 Å². The number of piperidine rings is 1. The number of likely N-dealkylation sites (tertiary alicyclic amines) is 1. The second kappa shape index (κ2) is 8.09. The molecule has 1 aromatic carbocycles. The van der Waals surface area contributed by atoms with Crippen molar-refractivity contribution in [3.05, 3.63) is 42.0 Å². The van der Waals surface area contributed by atoms with Crippen molar-refractivity contribution < 1.29 is 14.3 Å². The van der Waals surface area contributed by atoms with E-state index in [0.29, 0.717) is 19.0 Å². The lowest BCUT2D eigenvalue weighted by molar-refractivity contribution is -0.126. The Morgan fingerprint density at radius 2 is 1.87 bits per heavy atom. The van der Waals surface area contributed by atoms with Crippen LogP contribution in [0.25, 0.3) is 5.57 Å². The van der Waals surface area contributed by atoms with E-state index in [2.05, 4.69) is 12.1 Å². The minimum absolute atomic E-state index is 0.116.